The summed E-state index contributed by atoms with van der Waals surface area (Å²) in [7, 11) is 0. The molecule has 7 rings (SSSR count). The molecule has 1 N–H and O–H groups in total. The molecule has 0 saturated carbocycles. The van der Waals surface area contributed by atoms with Crippen molar-refractivity contribution in [2.24, 2.45) is 5.92 Å². The first-order chi connectivity index (χ1) is 20.4. The summed E-state index contributed by atoms with van der Waals surface area (Å²) >= 11 is 8.22. The quantitative estimate of drug-likeness (QED) is 0.261. The summed E-state index contributed by atoms with van der Waals surface area (Å²) in [5.74, 6) is -2.40. The Labute approximate surface area is 252 Å². The SMILES string of the molecule is O=C(Cn1c2c(sc1=O)[C@@H](c1cccnc1)[C@@H]1C(=O)N(c3ccc(Cl)cc3)C(=O)[C@@H]1S2)Nc1ccc2ccccc2c1. The predicted octanol–water partition coefficient (Wildman–Crippen LogP) is 5.55. The fraction of sp³-hybridized carbons (Fsp3) is 0.129. The second-order valence-corrected chi connectivity index (χ2v) is 12.6. The van der Waals surface area contributed by atoms with E-state index in [0.29, 0.717) is 26.3 Å². The number of amides is 3. The Bertz CT molecular complexity index is 1940. The van der Waals surface area contributed by atoms with E-state index in [1.807, 2.05) is 48.5 Å². The van der Waals surface area contributed by atoms with Gasteiger partial charge in [0.25, 0.3) is 0 Å². The zero-order chi connectivity index (χ0) is 29.0. The Morgan fingerprint density at radius 3 is 2.48 bits per heavy atom. The number of benzene rings is 3. The molecule has 11 heteroatoms. The number of nitrogens with one attached hydrogen (secondary N) is 1. The third kappa shape index (κ3) is 4.52. The summed E-state index contributed by atoms with van der Waals surface area (Å²) in [6, 6.07) is 23.6. The Morgan fingerprint density at radius 1 is 0.929 bits per heavy atom. The number of aromatic nitrogens is 2. The van der Waals surface area contributed by atoms with E-state index in [1.165, 1.54) is 21.2 Å². The second kappa shape index (κ2) is 10.5. The van der Waals surface area contributed by atoms with Crippen molar-refractivity contribution in [2.45, 2.75) is 22.7 Å². The van der Waals surface area contributed by atoms with Gasteiger partial charge in [-0.1, -0.05) is 71.1 Å². The molecule has 4 heterocycles. The standard InChI is InChI=1S/C31H21ClN4O4S2/c32-20-8-11-22(12-9-20)36-28(38)25-24(19-6-3-13-33-15-19)27-30(41-26(25)29(36)39)35(31(40)42-27)16-23(37)34-21-10-7-17-4-1-2-5-18(17)14-21/h1-15,24-26H,16H2,(H,34,37)/t24-,25-,26+/m0/s1. The molecule has 0 aliphatic carbocycles. The predicted molar refractivity (Wildman–Crippen MR) is 164 cm³/mol. The van der Waals surface area contributed by atoms with Gasteiger partial charge < -0.3 is 5.32 Å². The number of hydrogen-bond acceptors (Lipinski definition) is 7. The highest BCUT2D eigenvalue weighted by molar-refractivity contribution is 8.00. The maximum Gasteiger partial charge on any atom is 0.308 e. The maximum atomic E-state index is 13.9. The van der Waals surface area contributed by atoms with Gasteiger partial charge in [-0.05, 0) is 58.8 Å². The molecule has 2 aromatic heterocycles. The van der Waals surface area contributed by atoms with E-state index in [-0.39, 0.29) is 29.1 Å². The molecule has 0 bridgehead atoms. The van der Waals surface area contributed by atoms with Gasteiger partial charge in [0.2, 0.25) is 17.7 Å². The number of fused-ring (bicyclic) bond motifs is 3. The van der Waals surface area contributed by atoms with Crippen molar-refractivity contribution in [3.05, 3.63) is 116 Å². The summed E-state index contributed by atoms with van der Waals surface area (Å²) in [5.41, 5.74) is 1.78. The fourth-order valence-electron chi connectivity index (χ4n) is 5.63. The van der Waals surface area contributed by atoms with Crippen LogP contribution in [0.5, 0.6) is 0 Å². The van der Waals surface area contributed by atoms with Crippen LogP contribution in [0.2, 0.25) is 5.02 Å². The second-order valence-electron chi connectivity index (χ2n) is 10.1. The number of halogens is 1. The number of thioether (sulfide) groups is 1. The third-order valence-electron chi connectivity index (χ3n) is 7.51. The Kier molecular flexibility index (Phi) is 6.69. The monoisotopic (exact) mass is 612 g/mol. The van der Waals surface area contributed by atoms with E-state index < -0.39 is 17.1 Å². The maximum absolute atomic E-state index is 13.9. The molecular formula is C31H21ClN4O4S2. The van der Waals surface area contributed by atoms with Crippen molar-refractivity contribution < 1.29 is 14.4 Å². The van der Waals surface area contributed by atoms with Crippen LogP contribution in [0, 0.1) is 5.92 Å². The zero-order valence-electron chi connectivity index (χ0n) is 21.8. The number of carbonyl (C=O) groups excluding carboxylic acids is 3. The number of pyridine rings is 1. The van der Waals surface area contributed by atoms with Crippen LogP contribution >= 0.6 is 34.7 Å². The largest absolute Gasteiger partial charge is 0.325 e. The van der Waals surface area contributed by atoms with Crippen LogP contribution in [0.15, 0.2) is 101 Å². The lowest BCUT2D eigenvalue weighted by atomic mass is 9.84. The number of thiazole rings is 1. The van der Waals surface area contributed by atoms with Crippen molar-refractivity contribution in [3.63, 3.8) is 0 Å². The summed E-state index contributed by atoms with van der Waals surface area (Å²) < 4.78 is 1.41. The molecule has 1 fully saturated rings. The summed E-state index contributed by atoms with van der Waals surface area (Å²) in [4.78, 5) is 60.0. The number of carbonyl (C=O) groups is 3. The van der Waals surface area contributed by atoms with Crippen molar-refractivity contribution in [2.75, 3.05) is 10.2 Å². The minimum Gasteiger partial charge on any atom is -0.325 e. The number of anilines is 2. The average molecular weight is 613 g/mol. The van der Waals surface area contributed by atoms with Crippen LogP contribution in [0.3, 0.4) is 0 Å². The van der Waals surface area contributed by atoms with Crippen LogP contribution in [-0.4, -0.2) is 32.5 Å². The number of hydrogen-bond donors (Lipinski definition) is 1. The molecule has 2 aliphatic heterocycles. The number of imide groups is 1. The molecule has 3 atom stereocenters. The molecule has 0 spiro atoms. The first-order valence-corrected chi connectivity index (χ1v) is 15.2. The molecule has 3 aromatic carbocycles. The lowest BCUT2D eigenvalue weighted by Gasteiger charge is -2.30. The summed E-state index contributed by atoms with van der Waals surface area (Å²) in [6.07, 6.45) is 3.29. The van der Waals surface area contributed by atoms with Crippen molar-refractivity contribution in [1.29, 1.82) is 0 Å². The molecule has 3 amide bonds. The van der Waals surface area contributed by atoms with Gasteiger partial charge in [0.1, 0.15) is 11.8 Å². The smallest absolute Gasteiger partial charge is 0.308 e. The van der Waals surface area contributed by atoms with E-state index in [4.69, 9.17) is 11.6 Å². The van der Waals surface area contributed by atoms with Crippen LogP contribution in [0.4, 0.5) is 11.4 Å². The van der Waals surface area contributed by atoms with Gasteiger partial charge in [-0.15, -0.1) is 0 Å². The summed E-state index contributed by atoms with van der Waals surface area (Å²) in [5, 5.41) is 5.15. The molecular weight excluding hydrogens is 592 g/mol. The first-order valence-electron chi connectivity index (χ1n) is 13.1. The van der Waals surface area contributed by atoms with Gasteiger partial charge in [0.05, 0.1) is 16.6 Å². The molecule has 0 unspecified atom stereocenters. The molecule has 208 valence electrons. The van der Waals surface area contributed by atoms with Crippen LogP contribution in [0.1, 0.15) is 16.4 Å². The van der Waals surface area contributed by atoms with E-state index in [2.05, 4.69) is 10.3 Å². The highest BCUT2D eigenvalue weighted by Gasteiger charge is 2.56. The first kappa shape index (κ1) is 26.6. The molecule has 5 aromatic rings. The minimum absolute atomic E-state index is 0.231. The highest BCUT2D eigenvalue weighted by Crippen LogP contribution is 2.53. The summed E-state index contributed by atoms with van der Waals surface area (Å²) in [6.45, 7) is -0.231. The lowest BCUT2D eigenvalue weighted by molar-refractivity contribution is -0.122. The zero-order valence-corrected chi connectivity index (χ0v) is 24.2. The van der Waals surface area contributed by atoms with Crippen LogP contribution in [-0.2, 0) is 20.9 Å². The van der Waals surface area contributed by atoms with Gasteiger partial charge in [-0.3, -0.25) is 28.7 Å². The average Bonchev–Trinajstić information content (AvgIpc) is 3.44. The number of nitrogens with zero attached hydrogens (tertiary/aromatic N) is 3. The van der Waals surface area contributed by atoms with Gasteiger partial charge in [0.15, 0.2) is 0 Å². The molecule has 42 heavy (non-hydrogen) atoms. The van der Waals surface area contributed by atoms with Crippen LogP contribution in [0.25, 0.3) is 10.8 Å². The topological polar surface area (TPSA) is 101 Å². The Hall–Kier alpha value is -4.25. The molecule has 2 aliphatic rings. The van der Waals surface area contributed by atoms with E-state index >= 15 is 0 Å². The lowest BCUT2D eigenvalue weighted by Crippen LogP contribution is -2.33. The normalized spacial score (nSPS) is 19.5. The Balaban J connectivity index is 1.25. The van der Waals surface area contributed by atoms with Crippen molar-refractivity contribution in [1.82, 2.24) is 9.55 Å². The van der Waals surface area contributed by atoms with Gasteiger partial charge in [-0.2, -0.15) is 0 Å². The van der Waals surface area contributed by atoms with Gasteiger partial charge in [0, 0.05) is 33.9 Å². The molecule has 8 nitrogen and oxygen atoms in total. The molecule has 0 radical (unpaired) electrons. The number of rotatable bonds is 5. The van der Waals surface area contributed by atoms with Crippen molar-refractivity contribution >= 4 is 74.6 Å². The van der Waals surface area contributed by atoms with Crippen LogP contribution < -0.4 is 15.1 Å². The third-order valence-corrected chi connectivity index (χ3v) is 10.4. The Morgan fingerprint density at radius 2 is 1.71 bits per heavy atom. The van der Waals surface area contributed by atoms with Gasteiger partial charge >= 0.3 is 4.87 Å². The molecule has 1 saturated heterocycles. The highest BCUT2D eigenvalue weighted by atomic mass is 35.5. The van der Waals surface area contributed by atoms with E-state index in [1.54, 1.807) is 42.7 Å². The van der Waals surface area contributed by atoms with E-state index in [0.717, 1.165) is 27.7 Å². The minimum atomic E-state index is -0.783. The fourth-order valence-corrected chi connectivity index (χ4v) is 8.53. The van der Waals surface area contributed by atoms with Gasteiger partial charge in [-0.25, -0.2) is 4.90 Å². The van der Waals surface area contributed by atoms with E-state index in [9.17, 15) is 19.2 Å². The van der Waals surface area contributed by atoms with Crippen molar-refractivity contribution in [3.8, 4) is 0 Å².